The number of carbonyl (C=O) groups excluding carboxylic acids is 1. The number of ether oxygens (including phenoxy) is 2. The summed E-state index contributed by atoms with van der Waals surface area (Å²) in [6.45, 7) is 2.37. The number of nitrogens with zero attached hydrogens (tertiary/aromatic N) is 5. The third-order valence-corrected chi connectivity index (χ3v) is 4.00. The van der Waals surface area contributed by atoms with E-state index in [0.29, 0.717) is 45.1 Å². The molecule has 0 aliphatic carbocycles. The Morgan fingerprint density at radius 1 is 1.48 bits per heavy atom. The fourth-order valence-corrected chi connectivity index (χ4v) is 2.75. The molecule has 25 heavy (non-hydrogen) atoms. The van der Waals surface area contributed by atoms with Crippen LogP contribution in [-0.2, 0) is 23.0 Å². The summed E-state index contributed by atoms with van der Waals surface area (Å²) in [6.07, 6.45) is 0.000732. The van der Waals surface area contributed by atoms with Crippen LogP contribution in [0.4, 0.5) is 0 Å². The number of morpholine rings is 1. The molecule has 1 aromatic carbocycles. The van der Waals surface area contributed by atoms with Crippen molar-refractivity contribution in [2.24, 2.45) is 12.8 Å². The standard InChI is InChI=1S/C16H22N6O3/c1-21-16(18-19-20-21)14-11-22(6-8-25-14)15(23)10-12-3-2-4-13(9-12)24-7-5-17/h2-4,9,14H,5-8,10-11,17H2,1H3. The quantitative estimate of drug-likeness (QED) is 0.764. The normalized spacial score (nSPS) is 17.5. The first-order chi connectivity index (χ1) is 12.2. The van der Waals surface area contributed by atoms with Crippen molar-refractivity contribution >= 4 is 5.91 Å². The Hall–Kier alpha value is -2.52. The van der Waals surface area contributed by atoms with Crippen LogP contribution in [0.1, 0.15) is 17.5 Å². The van der Waals surface area contributed by atoms with E-state index in [2.05, 4.69) is 15.5 Å². The van der Waals surface area contributed by atoms with Crippen molar-refractivity contribution in [2.45, 2.75) is 12.5 Å². The minimum Gasteiger partial charge on any atom is -0.492 e. The second kappa shape index (κ2) is 8.04. The first-order valence-corrected chi connectivity index (χ1v) is 8.21. The summed E-state index contributed by atoms with van der Waals surface area (Å²) in [5, 5.41) is 11.4. The number of hydrogen-bond acceptors (Lipinski definition) is 7. The molecule has 9 nitrogen and oxygen atoms in total. The summed E-state index contributed by atoms with van der Waals surface area (Å²) in [5.41, 5.74) is 6.35. The molecular weight excluding hydrogens is 324 g/mol. The van der Waals surface area contributed by atoms with E-state index >= 15 is 0 Å². The van der Waals surface area contributed by atoms with E-state index in [0.717, 1.165) is 11.3 Å². The molecule has 0 spiro atoms. The van der Waals surface area contributed by atoms with Crippen molar-refractivity contribution in [3.05, 3.63) is 35.7 Å². The largest absolute Gasteiger partial charge is 0.492 e. The minimum absolute atomic E-state index is 0.0411. The van der Waals surface area contributed by atoms with Crippen LogP contribution in [0.5, 0.6) is 5.75 Å². The zero-order chi connectivity index (χ0) is 17.6. The van der Waals surface area contributed by atoms with Gasteiger partial charge in [-0.25, -0.2) is 4.68 Å². The maximum Gasteiger partial charge on any atom is 0.227 e. The highest BCUT2D eigenvalue weighted by atomic mass is 16.5. The topological polar surface area (TPSA) is 108 Å². The molecule has 2 N–H and O–H groups in total. The van der Waals surface area contributed by atoms with Gasteiger partial charge >= 0.3 is 0 Å². The monoisotopic (exact) mass is 346 g/mol. The van der Waals surface area contributed by atoms with Crippen LogP contribution in [0, 0.1) is 0 Å². The second-order valence-electron chi connectivity index (χ2n) is 5.82. The van der Waals surface area contributed by atoms with Crippen molar-refractivity contribution in [3.63, 3.8) is 0 Å². The van der Waals surface area contributed by atoms with Crippen LogP contribution in [0.25, 0.3) is 0 Å². The smallest absolute Gasteiger partial charge is 0.227 e. The maximum absolute atomic E-state index is 12.6. The van der Waals surface area contributed by atoms with E-state index in [9.17, 15) is 4.79 Å². The second-order valence-corrected chi connectivity index (χ2v) is 5.82. The average Bonchev–Trinajstić information content (AvgIpc) is 3.06. The van der Waals surface area contributed by atoms with Crippen molar-refractivity contribution < 1.29 is 14.3 Å². The van der Waals surface area contributed by atoms with Crippen molar-refractivity contribution in [1.82, 2.24) is 25.1 Å². The zero-order valence-electron chi connectivity index (χ0n) is 14.2. The van der Waals surface area contributed by atoms with Gasteiger partial charge in [-0.15, -0.1) is 5.10 Å². The van der Waals surface area contributed by atoms with Gasteiger partial charge < -0.3 is 20.1 Å². The van der Waals surface area contributed by atoms with E-state index in [1.807, 2.05) is 24.3 Å². The summed E-state index contributed by atoms with van der Waals surface area (Å²) in [7, 11) is 1.76. The van der Waals surface area contributed by atoms with E-state index in [1.54, 1.807) is 16.6 Å². The molecular formula is C16H22N6O3. The molecule has 1 aromatic heterocycles. The molecule has 0 saturated carbocycles. The molecule has 2 heterocycles. The Labute approximate surface area is 145 Å². The van der Waals surface area contributed by atoms with Crippen LogP contribution in [0.2, 0.25) is 0 Å². The number of aryl methyl sites for hydroxylation is 1. The molecule has 2 aromatic rings. The number of carbonyl (C=O) groups is 1. The van der Waals surface area contributed by atoms with Gasteiger partial charge in [-0.1, -0.05) is 12.1 Å². The summed E-state index contributed by atoms with van der Waals surface area (Å²) >= 11 is 0. The Morgan fingerprint density at radius 2 is 2.36 bits per heavy atom. The highest BCUT2D eigenvalue weighted by Crippen LogP contribution is 2.20. The predicted octanol–water partition coefficient (Wildman–Crippen LogP) is -0.310. The van der Waals surface area contributed by atoms with Gasteiger partial charge in [0.2, 0.25) is 5.91 Å². The first-order valence-electron chi connectivity index (χ1n) is 8.21. The number of rotatable bonds is 6. The number of tetrazole rings is 1. The zero-order valence-corrected chi connectivity index (χ0v) is 14.2. The molecule has 0 radical (unpaired) electrons. The van der Waals surface area contributed by atoms with Crippen molar-refractivity contribution in [1.29, 1.82) is 0 Å². The summed E-state index contributed by atoms with van der Waals surface area (Å²) in [6, 6.07) is 7.52. The maximum atomic E-state index is 12.6. The molecule has 9 heteroatoms. The molecule has 1 aliphatic rings. The molecule has 134 valence electrons. The van der Waals surface area contributed by atoms with E-state index in [1.165, 1.54) is 0 Å². The number of nitrogens with two attached hydrogens (primary N) is 1. The lowest BCUT2D eigenvalue weighted by atomic mass is 10.1. The van der Waals surface area contributed by atoms with Crippen LogP contribution < -0.4 is 10.5 Å². The van der Waals surface area contributed by atoms with Crippen LogP contribution in [0.3, 0.4) is 0 Å². The highest BCUT2D eigenvalue weighted by Gasteiger charge is 2.28. The Balaban J connectivity index is 1.62. The fraction of sp³-hybridized carbons (Fsp3) is 0.500. The highest BCUT2D eigenvalue weighted by molar-refractivity contribution is 5.79. The molecule has 1 atom stereocenters. The molecule has 3 rings (SSSR count). The fourth-order valence-electron chi connectivity index (χ4n) is 2.75. The van der Waals surface area contributed by atoms with Gasteiger partial charge in [-0.05, 0) is 28.1 Å². The van der Waals surface area contributed by atoms with Gasteiger partial charge in [0, 0.05) is 20.1 Å². The van der Waals surface area contributed by atoms with Crippen LogP contribution in [-0.4, -0.2) is 63.9 Å². The number of hydrogen-bond donors (Lipinski definition) is 1. The lowest BCUT2D eigenvalue weighted by Crippen LogP contribution is -2.43. The molecule has 0 bridgehead atoms. The van der Waals surface area contributed by atoms with Crippen molar-refractivity contribution in [3.8, 4) is 5.75 Å². The van der Waals surface area contributed by atoms with Gasteiger partial charge in [-0.3, -0.25) is 4.79 Å². The number of amides is 1. The van der Waals surface area contributed by atoms with E-state index in [4.69, 9.17) is 15.2 Å². The van der Waals surface area contributed by atoms with E-state index in [-0.39, 0.29) is 12.0 Å². The third-order valence-electron chi connectivity index (χ3n) is 4.00. The average molecular weight is 346 g/mol. The number of aromatic nitrogens is 4. The summed E-state index contributed by atoms with van der Waals surface area (Å²) < 4.78 is 12.8. The van der Waals surface area contributed by atoms with Crippen LogP contribution >= 0.6 is 0 Å². The first kappa shape index (κ1) is 17.3. The van der Waals surface area contributed by atoms with Gasteiger partial charge in [0.1, 0.15) is 18.5 Å². The third kappa shape index (κ3) is 4.31. The molecule has 1 saturated heterocycles. The Bertz CT molecular complexity index is 719. The Kier molecular flexibility index (Phi) is 5.56. The molecule has 1 aliphatic heterocycles. The van der Waals surface area contributed by atoms with Crippen LogP contribution in [0.15, 0.2) is 24.3 Å². The van der Waals surface area contributed by atoms with Gasteiger partial charge in [-0.2, -0.15) is 0 Å². The van der Waals surface area contributed by atoms with Gasteiger partial charge in [0.15, 0.2) is 5.82 Å². The minimum atomic E-state index is -0.308. The van der Waals surface area contributed by atoms with Gasteiger partial charge in [0.05, 0.1) is 19.6 Å². The lowest BCUT2D eigenvalue weighted by Gasteiger charge is -2.32. The molecule has 1 fully saturated rings. The summed E-state index contributed by atoms with van der Waals surface area (Å²) in [4.78, 5) is 14.4. The van der Waals surface area contributed by atoms with Crippen molar-refractivity contribution in [2.75, 3.05) is 32.8 Å². The Morgan fingerprint density at radius 3 is 3.12 bits per heavy atom. The van der Waals surface area contributed by atoms with Gasteiger partial charge in [0.25, 0.3) is 0 Å². The summed E-state index contributed by atoms with van der Waals surface area (Å²) in [5.74, 6) is 1.38. The SMILES string of the molecule is Cn1nnnc1C1CN(C(=O)Cc2cccc(OCCN)c2)CCO1. The predicted molar refractivity (Wildman–Crippen MR) is 88.8 cm³/mol. The number of benzene rings is 1. The lowest BCUT2D eigenvalue weighted by molar-refractivity contribution is -0.138. The molecule has 1 amide bonds. The molecule has 1 unspecified atom stereocenters. The van der Waals surface area contributed by atoms with E-state index < -0.39 is 0 Å².